The second-order valence-electron chi connectivity index (χ2n) is 6.77. The standard InChI is InChI=1S/C23H19ClN2O3/c24-21-14-19(18-8-4-5-9-20(18)25-21)23(28)29-15-22(27)26-12-10-17(11-13-26)16-6-2-1-3-7-16/h1-10,14H,11-13,15H2. The lowest BCUT2D eigenvalue weighted by molar-refractivity contribution is -0.134. The van der Waals surface area contributed by atoms with Crippen LogP contribution in [-0.2, 0) is 9.53 Å². The second-order valence-corrected chi connectivity index (χ2v) is 7.16. The van der Waals surface area contributed by atoms with E-state index in [4.69, 9.17) is 16.3 Å². The molecular weight excluding hydrogens is 388 g/mol. The molecule has 1 aliphatic heterocycles. The van der Waals surface area contributed by atoms with E-state index in [1.165, 1.54) is 17.2 Å². The summed E-state index contributed by atoms with van der Waals surface area (Å²) in [7, 11) is 0. The van der Waals surface area contributed by atoms with Crippen molar-refractivity contribution in [2.75, 3.05) is 19.7 Å². The van der Waals surface area contributed by atoms with Crippen molar-refractivity contribution in [3.05, 3.63) is 83.0 Å². The number of amides is 1. The van der Waals surface area contributed by atoms with Crippen LogP contribution in [0.15, 0.2) is 66.7 Å². The molecule has 2 aromatic carbocycles. The number of benzene rings is 2. The van der Waals surface area contributed by atoms with Crippen molar-refractivity contribution >= 4 is 40.0 Å². The highest BCUT2D eigenvalue weighted by molar-refractivity contribution is 6.30. The van der Waals surface area contributed by atoms with Crippen molar-refractivity contribution in [2.24, 2.45) is 0 Å². The Morgan fingerprint density at radius 1 is 1.07 bits per heavy atom. The van der Waals surface area contributed by atoms with Gasteiger partial charge in [-0.3, -0.25) is 4.79 Å². The number of halogens is 1. The van der Waals surface area contributed by atoms with Gasteiger partial charge in [-0.1, -0.05) is 66.2 Å². The summed E-state index contributed by atoms with van der Waals surface area (Å²) >= 11 is 6.02. The first-order chi connectivity index (χ1) is 14.1. The Balaban J connectivity index is 1.39. The highest BCUT2D eigenvalue weighted by Crippen LogP contribution is 2.23. The van der Waals surface area contributed by atoms with Crippen LogP contribution in [-0.4, -0.2) is 41.5 Å². The molecule has 0 bridgehead atoms. The zero-order chi connectivity index (χ0) is 20.2. The Kier molecular flexibility index (Phi) is 5.58. The molecule has 4 rings (SSSR count). The lowest BCUT2D eigenvalue weighted by Crippen LogP contribution is -2.37. The van der Waals surface area contributed by atoms with Crippen molar-refractivity contribution in [2.45, 2.75) is 6.42 Å². The number of ether oxygens (including phenoxy) is 1. The van der Waals surface area contributed by atoms with Crippen molar-refractivity contribution in [1.29, 1.82) is 0 Å². The largest absolute Gasteiger partial charge is 0.452 e. The van der Waals surface area contributed by atoms with Gasteiger partial charge in [0.2, 0.25) is 0 Å². The molecule has 0 radical (unpaired) electrons. The van der Waals surface area contributed by atoms with E-state index in [0.29, 0.717) is 29.6 Å². The molecular formula is C23H19ClN2O3. The monoisotopic (exact) mass is 406 g/mol. The first-order valence-electron chi connectivity index (χ1n) is 9.36. The van der Waals surface area contributed by atoms with Crippen molar-refractivity contribution in [3.63, 3.8) is 0 Å². The minimum Gasteiger partial charge on any atom is -0.452 e. The first kappa shape index (κ1) is 19.2. The second kappa shape index (κ2) is 8.45. The summed E-state index contributed by atoms with van der Waals surface area (Å²) in [5.41, 5.74) is 3.31. The third-order valence-electron chi connectivity index (χ3n) is 4.94. The molecule has 1 aromatic heterocycles. The quantitative estimate of drug-likeness (QED) is 0.477. The molecule has 0 saturated carbocycles. The van der Waals surface area contributed by atoms with Crippen LogP contribution in [0.2, 0.25) is 5.15 Å². The van der Waals surface area contributed by atoms with Crippen LogP contribution >= 0.6 is 11.6 Å². The Morgan fingerprint density at radius 3 is 2.59 bits per heavy atom. The maximum Gasteiger partial charge on any atom is 0.339 e. The number of carbonyl (C=O) groups is 2. The van der Waals surface area contributed by atoms with Crippen molar-refractivity contribution < 1.29 is 14.3 Å². The van der Waals surface area contributed by atoms with E-state index >= 15 is 0 Å². The fourth-order valence-corrected chi connectivity index (χ4v) is 3.62. The van der Waals surface area contributed by atoms with E-state index in [9.17, 15) is 9.59 Å². The molecule has 2 heterocycles. The normalized spacial score (nSPS) is 13.8. The van der Waals surface area contributed by atoms with Crippen LogP contribution in [0.25, 0.3) is 16.5 Å². The van der Waals surface area contributed by atoms with Gasteiger partial charge in [0, 0.05) is 18.5 Å². The van der Waals surface area contributed by atoms with Crippen LogP contribution in [0.1, 0.15) is 22.3 Å². The third-order valence-corrected chi connectivity index (χ3v) is 5.13. The molecule has 1 amide bonds. The Hall–Kier alpha value is -3.18. The van der Waals surface area contributed by atoms with Gasteiger partial charge in [0.25, 0.3) is 5.91 Å². The van der Waals surface area contributed by atoms with Crippen LogP contribution in [0.3, 0.4) is 0 Å². The van der Waals surface area contributed by atoms with Crippen LogP contribution in [0.4, 0.5) is 0 Å². The smallest absolute Gasteiger partial charge is 0.339 e. The van der Waals surface area contributed by atoms with Gasteiger partial charge in [0.05, 0.1) is 11.1 Å². The fourth-order valence-electron chi connectivity index (χ4n) is 3.42. The van der Waals surface area contributed by atoms with Gasteiger partial charge < -0.3 is 9.64 Å². The number of esters is 1. The molecule has 0 aliphatic carbocycles. The SMILES string of the molecule is O=C(OCC(=O)N1CC=C(c2ccccc2)CC1)c1cc(Cl)nc2ccccc12. The molecule has 0 atom stereocenters. The number of para-hydroxylation sites is 1. The summed E-state index contributed by atoms with van der Waals surface area (Å²) in [6.07, 6.45) is 2.82. The lowest BCUT2D eigenvalue weighted by atomic mass is 10.00. The molecule has 0 N–H and O–H groups in total. The molecule has 0 spiro atoms. The van der Waals surface area contributed by atoms with Gasteiger partial charge >= 0.3 is 5.97 Å². The number of carbonyl (C=O) groups excluding carboxylic acids is 2. The van der Waals surface area contributed by atoms with Crippen LogP contribution < -0.4 is 0 Å². The number of pyridine rings is 1. The van der Waals surface area contributed by atoms with Crippen molar-refractivity contribution in [1.82, 2.24) is 9.88 Å². The topological polar surface area (TPSA) is 59.5 Å². The van der Waals surface area contributed by atoms with E-state index in [2.05, 4.69) is 23.2 Å². The van der Waals surface area contributed by atoms with Crippen molar-refractivity contribution in [3.8, 4) is 0 Å². The third kappa shape index (κ3) is 4.30. The van der Waals surface area contributed by atoms with Crippen LogP contribution in [0.5, 0.6) is 0 Å². The lowest BCUT2D eigenvalue weighted by Gasteiger charge is -2.26. The number of hydrogen-bond acceptors (Lipinski definition) is 4. The van der Waals surface area contributed by atoms with Gasteiger partial charge in [-0.25, -0.2) is 9.78 Å². The van der Waals surface area contributed by atoms with Gasteiger partial charge in [-0.05, 0) is 29.7 Å². The summed E-state index contributed by atoms with van der Waals surface area (Å²) in [4.78, 5) is 30.9. The van der Waals surface area contributed by atoms with E-state index in [-0.39, 0.29) is 17.7 Å². The Bertz CT molecular complexity index is 1100. The Labute approximate surface area is 173 Å². The predicted octanol–water partition coefficient (Wildman–Crippen LogP) is 4.36. The summed E-state index contributed by atoms with van der Waals surface area (Å²) in [6, 6.07) is 18.8. The minimum absolute atomic E-state index is 0.205. The molecule has 6 heteroatoms. The van der Waals surface area contributed by atoms with Gasteiger partial charge in [0.15, 0.2) is 6.61 Å². The Morgan fingerprint density at radius 2 is 1.83 bits per heavy atom. The van der Waals surface area contributed by atoms with Gasteiger partial charge in [-0.2, -0.15) is 0 Å². The molecule has 0 saturated heterocycles. The molecule has 1 aliphatic rings. The zero-order valence-corrected chi connectivity index (χ0v) is 16.4. The highest BCUT2D eigenvalue weighted by atomic mass is 35.5. The summed E-state index contributed by atoms with van der Waals surface area (Å²) in [6.45, 7) is 0.799. The summed E-state index contributed by atoms with van der Waals surface area (Å²) < 4.78 is 5.28. The maximum absolute atomic E-state index is 12.5. The average molecular weight is 407 g/mol. The average Bonchev–Trinajstić information content (AvgIpc) is 2.77. The van der Waals surface area contributed by atoms with E-state index < -0.39 is 5.97 Å². The highest BCUT2D eigenvalue weighted by Gasteiger charge is 2.20. The number of fused-ring (bicyclic) bond motifs is 1. The number of nitrogens with zero attached hydrogens (tertiary/aromatic N) is 2. The predicted molar refractivity (Wildman–Crippen MR) is 113 cm³/mol. The first-order valence-corrected chi connectivity index (χ1v) is 9.74. The zero-order valence-electron chi connectivity index (χ0n) is 15.7. The van der Waals surface area contributed by atoms with Crippen LogP contribution in [0, 0.1) is 0 Å². The number of aromatic nitrogens is 1. The molecule has 0 unspecified atom stereocenters. The molecule has 3 aromatic rings. The van der Waals surface area contributed by atoms with E-state index in [1.807, 2.05) is 30.3 Å². The van der Waals surface area contributed by atoms with E-state index in [0.717, 1.165) is 6.42 Å². The molecule has 29 heavy (non-hydrogen) atoms. The molecule has 0 fully saturated rings. The molecule has 146 valence electrons. The number of hydrogen-bond donors (Lipinski definition) is 0. The summed E-state index contributed by atoms with van der Waals surface area (Å²) in [5.74, 6) is -0.803. The van der Waals surface area contributed by atoms with Gasteiger partial charge in [0.1, 0.15) is 5.15 Å². The molecule has 5 nitrogen and oxygen atoms in total. The number of rotatable bonds is 4. The maximum atomic E-state index is 12.5. The summed E-state index contributed by atoms with van der Waals surface area (Å²) in [5, 5.41) is 0.847. The fraction of sp³-hybridized carbons (Fsp3) is 0.174. The van der Waals surface area contributed by atoms with E-state index in [1.54, 1.807) is 17.0 Å². The van der Waals surface area contributed by atoms with Gasteiger partial charge in [-0.15, -0.1) is 0 Å². The minimum atomic E-state index is -0.587.